The number of rotatable bonds is 6. The third-order valence-corrected chi connectivity index (χ3v) is 2.84. The molecule has 0 atom stereocenters. The Kier molecular flexibility index (Phi) is 4.66. The zero-order chi connectivity index (χ0) is 13.5. The van der Waals surface area contributed by atoms with Gasteiger partial charge in [-0.2, -0.15) is 0 Å². The molecule has 19 heavy (non-hydrogen) atoms. The first-order valence-corrected chi connectivity index (χ1v) is 6.54. The third kappa shape index (κ3) is 3.64. The molecule has 0 bridgehead atoms. The lowest BCUT2D eigenvalue weighted by Crippen LogP contribution is -2.24. The second kappa shape index (κ2) is 6.68. The highest BCUT2D eigenvalue weighted by Gasteiger charge is 2.05. The maximum absolute atomic E-state index is 11.8. The molecule has 2 heterocycles. The predicted octanol–water partition coefficient (Wildman–Crippen LogP) is 2.19. The van der Waals surface area contributed by atoms with Gasteiger partial charge in [0.15, 0.2) is 0 Å². The molecule has 5 heteroatoms. The molecule has 1 amide bonds. The monoisotopic (exact) mass is 258 g/mol. The molecule has 0 aliphatic carbocycles. The van der Waals surface area contributed by atoms with Crippen molar-refractivity contribution in [2.24, 2.45) is 0 Å². The zero-order valence-corrected chi connectivity index (χ0v) is 11.0. The Morgan fingerprint density at radius 2 is 2.26 bits per heavy atom. The molecule has 0 saturated heterocycles. The summed E-state index contributed by atoms with van der Waals surface area (Å²) >= 11 is 0. The minimum atomic E-state index is -0.0687. The highest BCUT2D eigenvalue weighted by atomic mass is 16.1. The fourth-order valence-corrected chi connectivity index (χ4v) is 1.75. The van der Waals surface area contributed by atoms with E-state index in [1.54, 1.807) is 29.4 Å². The summed E-state index contributed by atoms with van der Waals surface area (Å²) < 4.78 is 1.79. The van der Waals surface area contributed by atoms with Gasteiger partial charge in [-0.25, -0.2) is 9.97 Å². The number of pyridine rings is 1. The number of unbranched alkanes of at least 4 members (excludes halogenated alkanes) is 2. The van der Waals surface area contributed by atoms with E-state index in [2.05, 4.69) is 22.2 Å². The molecule has 0 aliphatic heterocycles. The first-order chi connectivity index (χ1) is 9.31. The van der Waals surface area contributed by atoms with Gasteiger partial charge in [0.2, 0.25) is 0 Å². The number of nitrogens with zero attached hydrogens (tertiary/aromatic N) is 3. The van der Waals surface area contributed by atoms with Crippen LogP contribution < -0.4 is 5.32 Å². The lowest BCUT2D eigenvalue weighted by atomic mass is 10.2. The lowest BCUT2D eigenvalue weighted by Gasteiger charge is -2.05. The van der Waals surface area contributed by atoms with Gasteiger partial charge < -0.3 is 5.32 Å². The van der Waals surface area contributed by atoms with E-state index < -0.39 is 0 Å². The number of aromatic nitrogens is 3. The molecule has 100 valence electrons. The van der Waals surface area contributed by atoms with Gasteiger partial charge in [-0.05, 0) is 18.6 Å². The Hall–Kier alpha value is -2.17. The number of carbonyl (C=O) groups excluding carboxylic acids is 1. The third-order valence-electron chi connectivity index (χ3n) is 2.84. The Bertz CT molecular complexity index is 505. The second-order valence-corrected chi connectivity index (χ2v) is 4.34. The summed E-state index contributed by atoms with van der Waals surface area (Å²) in [5.41, 5.74) is 0.584. The SMILES string of the molecule is CCCCCNC(=O)c1ccc(-n2ccnc2)nc1. The number of hydrogen-bond acceptors (Lipinski definition) is 3. The van der Waals surface area contributed by atoms with Crippen molar-refractivity contribution in [3.05, 3.63) is 42.6 Å². The molecule has 0 aromatic carbocycles. The summed E-state index contributed by atoms with van der Waals surface area (Å²) in [6.07, 6.45) is 10.1. The average Bonchev–Trinajstić information content (AvgIpc) is 2.98. The molecule has 0 fully saturated rings. The quantitative estimate of drug-likeness (QED) is 0.808. The molecular formula is C14H18N4O. The summed E-state index contributed by atoms with van der Waals surface area (Å²) in [6.45, 7) is 2.86. The first-order valence-electron chi connectivity index (χ1n) is 6.54. The van der Waals surface area contributed by atoms with Crippen LogP contribution in [0.1, 0.15) is 36.5 Å². The van der Waals surface area contributed by atoms with E-state index in [1.165, 1.54) is 0 Å². The maximum atomic E-state index is 11.8. The van der Waals surface area contributed by atoms with Gasteiger partial charge in [0, 0.05) is 25.1 Å². The molecule has 0 radical (unpaired) electrons. The van der Waals surface area contributed by atoms with E-state index in [4.69, 9.17) is 0 Å². The lowest BCUT2D eigenvalue weighted by molar-refractivity contribution is 0.0952. The largest absolute Gasteiger partial charge is 0.352 e. The standard InChI is InChI=1S/C14H18N4O/c1-2-3-4-7-16-14(19)12-5-6-13(17-10-12)18-9-8-15-11-18/h5-6,8-11H,2-4,7H2,1H3,(H,16,19). The topological polar surface area (TPSA) is 59.8 Å². The second-order valence-electron chi connectivity index (χ2n) is 4.34. The van der Waals surface area contributed by atoms with Gasteiger partial charge in [-0.3, -0.25) is 9.36 Å². The number of nitrogens with one attached hydrogen (secondary N) is 1. The van der Waals surface area contributed by atoms with Crippen LogP contribution >= 0.6 is 0 Å². The van der Waals surface area contributed by atoms with Crippen molar-refractivity contribution in [2.75, 3.05) is 6.54 Å². The van der Waals surface area contributed by atoms with Gasteiger partial charge in [0.25, 0.3) is 5.91 Å². The maximum Gasteiger partial charge on any atom is 0.252 e. The van der Waals surface area contributed by atoms with Crippen LogP contribution in [-0.4, -0.2) is 27.0 Å². The Balaban J connectivity index is 1.93. The first kappa shape index (κ1) is 13.3. The van der Waals surface area contributed by atoms with E-state index in [0.717, 1.165) is 31.6 Å². The molecular weight excluding hydrogens is 240 g/mol. The van der Waals surface area contributed by atoms with Crippen LogP contribution in [-0.2, 0) is 0 Å². The molecule has 0 unspecified atom stereocenters. The molecule has 0 aliphatic rings. The van der Waals surface area contributed by atoms with E-state index in [-0.39, 0.29) is 5.91 Å². The fourth-order valence-electron chi connectivity index (χ4n) is 1.75. The van der Waals surface area contributed by atoms with Crippen LogP contribution in [0.15, 0.2) is 37.1 Å². The molecule has 1 N–H and O–H groups in total. The van der Waals surface area contributed by atoms with Crippen LogP contribution in [0.25, 0.3) is 5.82 Å². The molecule has 0 spiro atoms. The van der Waals surface area contributed by atoms with Gasteiger partial charge in [0.1, 0.15) is 12.1 Å². The van der Waals surface area contributed by atoms with Gasteiger partial charge in [-0.15, -0.1) is 0 Å². The van der Waals surface area contributed by atoms with Crippen molar-refractivity contribution in [2.45, 2.75) is 26.2 Å². The average molecular weight is 258 g/mol. The minimum Gasteiger partial charge on any atom is -0.352 e. The van der Waals surface area contributed by atoms with E-state index in [0.29, 0.717) is 5.56 Å². The van der Waals surface area contributed by atoms with Crippen molar-refractivity contribution in [3.8, 4) is 5.82 Å². The van der Waals surface area contributed by atoms with Crippen molar-refractivity contribution >= 4 is 5.91 Å². The highest BCUT2D eigenvalue weighted by molar-refractivity contribution is 5.93. The van der Waals surface area contributed by atoms with Crippen molar-refractivity contribution < 1.29 is 4.79 Å². The Morgan fingerprint density at radius 3 is 2.89 bits per heavy atom. The Labute approximate surface area is 112 Å². The molecule has 2 aromatic heterocycles. The number of hydrogen-bond donors (Lipinski definition) is 1. The Morgan fingerprint density at radius 1 is 1.37 bits per heavy atom. The van der Waals surface area contributed by atoms with Crippen LogP contribution in [0, 0.1) is 0 Å². The van der Waals surface area contributed by atoms with Gasteiger partial charge in [-0.1, -0.05) is 19.8 Å². The van der Waals surface area contributed by atoms with Crippen LogP contribution in [0.3, 0.4) is 0 Å². The van der Waals surface area contributed by atoms with Gasteiger partial charge in [0.05, 0.1) is 5.56 Å². The van der Waals surface area contributed by atoms with Crippen LogP contribution in [0.4, 0.5) is 0 Å². The van der Waals surface area contributed by atoms with Crippen molar-refractivity contribution in [1.29, 1.82) is 0 Å². The fraction of sp³-hybridized carbons (Fsp3) is 0.357. The van der Waals surface area contributed by atoms with Crippen molar-refractivity contribution in [3.63, 3.8) is 0 Å². The summed E-state index contributed by atoms with van der Waals surface area (Å²) in [5.74, 6) is 0.681. The predicted molar refractivity (Wildman–Crippen MR) is 73.2 cm³/mol. The summed E-state index contributed by atoms with van der Waals surface area (Å²) in [7, 11) is 0. The smallest absolute Gasteiger partial charge is 0.252 e. The minimum absolute atomic E-state index is 0.0687. The molecule has 0 saturated carbocycles. The van der Waals surface area contributed by atoms with E-state index in [9.17, 15) is 4.79 Å². The van der Waals surface area contributed by atoms with E-state index in [1.807, 2.05) is 12.3 Å². The van der Waals surface area contributed by atoms with Crippen molar-refractivity contribution in [1.82, 2.24) is 19.9 Å². The number of amides is 1. The van der Waals surface area contributed by atoms with Gasteiger partial charge >= 0.3 is 0 Å². The normalized spacial score (nSPS) is 10.4. The number of carbonyl (C=O) groups is 1. The zero-order valence-electron chi connectivity index (χ0n) is 11.0. The highest BCUT2D eigenvalue weighted by Crippen LogP contribution is 2.05. The molecule has 2 rings (SSSR count). The summed E-state index contributed by atoms with van der Waals surface area (Å²) in [4.78, 5) is 20.0. The van der Waals surface area contributed by atoms with E-state index >= 15 is 0 Å². The molecule has 5 nitrogen and oxygen atoms in total. The number of imidazole rings is 1. The summed E-state index contributed by atoms with van der Waals surface area (Å²) in [5, 5.41) is 2.89. The van der Waals surface area contributed by atoms with Crippen LogP contribution in [0.2, 0.25) is 0 Å². The molecule has 2 aromatic rings. The summed E-state index contributed by atoms with van der Waals surface area (Å²) in [6, 6.07) is 3.58. The van der Waals surface area contributed by atoms with Crippen LogP contribution in [0.5, 0.6) is 0 Å².